The fraction of sp³-hybridized carbons (Fsp3) is 0.615. The largest absolute Gasteiger partial charge is 0.356 e. The van der Waals surface area contributed by atoms with Crippen LogP contribution in [0, 0.1) is 0 Å². The second kappa shape index (κ2) is 10.4. The number of thioether (sulfide) groups is 1. The van der Waals surface area contributed by atoms with Crippen LogP contribution in [-0.2, 0) is 13.6 Å². The van der Waals surface area contributed by atoms with Crippen molar-refractivity contribution in [2.45, 2.75) is 13.0 Å². The zero-order chi connectivity index (χ0) is 13.4. The Hall–Kier alpha value is -0.370. The van der Waals surface area contributed by atoms with Crippen LogP contribution in [0.25, 0.3) is 0 Å². The van der Waals surface area contributed by atoms with E-state index in [1.54, 1.807) is 0 Å². The van der Waals surface area contributed by atoms with Gasteiger partial charge >= 0.3 is 0 Å². The van der Waals surface area contributed by atoms with E-state index < -0.39 is 0 Å². The third-order valence-corrected chi connectivity index (χ3v) is 3.53. The van der Waals surface area contributed by atoms with E-state index in [1.165, 1.54) is 11.4 Å². The maximum absolute atomic E-state index is 4.31. The van der Waals surface area contributed by atoms with Gasteiger partial charge in [-0.05, 0) is 30.6 Å². The molecule has 0 aliphatic rings. The molecule has 0 saturated carbocycles. The molecule has 0 aromatic carbocycles. The molecule has 0 radical (unpaired) electrons. The Morgan fingerprint density at radius 3 is 2.79 bits per heavy atom. The molecule has 0 bridgehead atoms. The van der Waals surface area contributed by atoms with Crippen LogP contribution in [-0.4, -0.2) is 48.1 Å². The van der Waals surface area contributed by atoms with Gasteiger partial charge in [0.2, 0.25) is 0 Å². The third kappa shape index (κ3) is 6.56. The van der Waals surface area contributed by atoms with Crippen LogP contribution < -0.4 is 5.32 Å². The van der Waals surface area contributed by atoms with Gasteiger partial charge in [0.15, 0.2) is 5.96 Å². The molecule has 0 unspecified atom stereocenters. The summed E-state index contributed by atoms with van der Waals surface area (Å²) in [5.41, 5.74) is 1.28. The molecule has 1 N–H and O–H groups in total. The fourth-order valence-corrected chi connectivity index (χ4v) is 2.21. The number of guanidine groups is 1. The molecule has 19 heavy (non-hydrogen) atoms. The predicted octanol–water partition coefficient (Wildman–Crippen LogP) is 2.40. The molecule has 0 saturated heterocycles. The number of nitrogens with one attached hydrogen (secondary N) is 1. The first-order valence-corrected chi connectivity index (χ1v) is 7.59. The lowest BCUT2D eigenvalue weighted by atomic mass is 10.4. The van der Waals surface area contributed by atoms with E-state index in [4.69, 9.17) is 0 Å². The van der Waals surface area contributed by atoms with E-state index in [-0.39, 0.29) is 24.0 Å². The average Bonchev–Trinajstić information content (AvgIpc) is 2.75. The van der Waals surface area contributed by atoms with Crippen LogP contribution in [0.15, 0.2) is 23.3 Å². The summed E-state index contributed by atoms with van der Waals surface area (Å²) in [4.78, 5) is 6.46. The van der Waals surface area contributed by atoms with Crippen molar-refractivity contribution in [2.24, 2.45) is 12.0 Å². The van der Waals surface area contributed by atoms with Gasteiger partial charge in [0.1, 0.15) is 0 Å². The van der Waals surface area contributed by atoms with Gasteiger partial charge < -0.3 is 14.8 Å². The standard InChI is InChI=1S/C13H24N4S.HI/c1-14-13(15-8-6-10-18-4)17(3)11-12-7-5-9-16(12)2;/h5,7,9H,6,8,10-11H2,1-4H3,(H,14,15);1H. The number of halogens is 1. The van der Waals surface area contributed by atoms with Gasteiger partial charge in [0, 0.05) is 39.6 Å². The number of nitrogens with zero attached hydrogens (tertiary/aromatic N) is 3. The Bertz CT molecular complexity index is 378. The highest BCUT2D eigenvalue weighted by Crippen LogP contribution is 2.03. The highest BCUT2D eigenvalue weighted by atomic mass is 127. The van der Waals surface area contributed by atoms with Gasteiger partial charge in [-0.2, -0.15) is 11.8 Å². The topological polar surface area (TPSA) is 32.6 Å². The van der Waals surface area contributed by atoms with Gasteiger partial charge in [-0.15, -0.1) is 24.0 Å². The minimum absolute atomic E-state index is 0. The number of aromatic nitrogens is 1. The smallest absolute Gasteiger partial charge is 0.193 e. The second-order valence-electron chi connectivity index (χ2n) is 4.29. The van der Waals surface area contributed by atoms with Crippen LogP contribution in [0.2, 0.25) is 0 Å². The van der Waals surface area contributed by atoms with Crippen molar-refractivity contribution in [1.82, 2.24) is 14.8 Å². The molecule has 0 amide bonds. The summed E-state index contributed by atoms with van der Waals surface area (Å²) in [5, 5.41) is 3.39. The summed E-state index contributed by atoms with van der Waals surface area (Å²) in [5.74, 6) is 2.14. The van der Waals surface area contributed by atoms with Crippen molar-refractivity contribution >= 4 is 41.7 Å². The Labute approximate surface area is 138 Å². The monoisotopic (exact) mass is 396 g/mol. The van der Waals surface area contributed by atoms with Crippen molar-refractivity contribution in [1.29, 1.82) is 0 Å². The summed E-state index contributed by atoms with van der Waals surface area (Å²) in [6, 6.07) is 4.20. The molecular weight excluding hydrogens is 371 g/mol. The van der Waals surface area contributed by atoms with Crippen molar-refractivity contribution < 1.29 is 0 Å². The molecule has 1 heterocycles. The van der Waals surface area contributed by atoms with E-state index in [0.717, 1.165) is 25.5 Å². The van der Waals surface area contributed by atoms with Crippen molar-refractivity contribution in [2.75, 3.05) is 32.6 Å². The van der Waals surface area contributed by atoms with Crippen LogP contribution in [0.1, 0.15) is 12.1 Å². The Balaban J connectivity index is 0.00000324. The highest BCUT2D eigenvalue weighted by Gasteiger charge is 2.07. The van der Waals surface area contributed by atoms with Crippen molar-refractivity contribution in [3.05, 3.63) is 24.0 Å². The van der Waals surface area contributed by atoms with Crippen LogP contribution in [0.3, 0.4) is 0 Å². The molecule has 0 fully saturated rings. The molecule has 4 nitrogen and oxygen atoms in total. The summed E-state index contributed by atoms with van der Waals surface area (Å²) in [7, 11) is 5.97. The van der Waals surface area contributed by atoms with E-state index in [9.17, 15) is 0 Å². The van der Waals surface area contributed by atoms with E-state index in [2.05, 4.69) is 58.5 Å². The molecule has 1 aromatic rings. The van der Waals surface area contributed by atoms with Crippen LogP contribution in [0.5, 0.6) is 0 Å². The molecule has 6 heteroatoms. The number of rotatable bonds is 6. The lowest BCUT2D eigenvalue weighted by Crippen LogP contribution is -2.39. The summed E-state index contributed by atoms with van der Waals surface area (Å²) < 4.78 is 2.14. The number of aryl methyl sites for hydroxylation is 1. The van der Waals surface area contributed by atoms with Crippen LogP contribution in [0.4, 0.5) is 0 Å². The first kappa shape index (κ1) is 18.6. The average molecular weight is 396 g/mol. The van der Waals surface area contributed by atoms with Crippen LogP contribution >= 0.6 is 35.7 Å². The Morgan fingerprint density at radius 1 is 1.53 bits per heavy atom. The maximum atomic E-state index is 4.31. The van der Waals surface area contributed by atoms with Gasteiger partial charge in [-0.3, -0.25) is 4.99 Å². The number of hydrogen-bond donors (Lipinski definition) is 1. The highest BCUT2D eigenvalue weighted by molar-refractivity contribution is 14.0. The normalized spacial score (nSPS) is 11.1. The zero-order valence-electron chi connectivity index (χ0n) is 12.2. The van der Waals surface area contributed by atoms with Gasteiger partial charge in [0.05, 0.1) is 6.54 Å². The van der Waals surface area contributed by atoms with E-state index in [1.807, 2.05) is 18.8 Å². The number of hydrogen-bond acceptors (Lipinski definition) is 2. The maximum Gasteiger partial charge on any atom is 0.193 e. The molecule has 0 aliphatic carbocycles. The Kier molecular flexibility index (Phi) is 10.2. The van der Waals surface area contributed by atoms with Gasteiger partial charge in [0.25, 0.3) is 0 Å². The molecule has 0 atom stereocenters. The molecule has 1 aromatic heterocycles. The van der Waals surface area contributed by atoms with Gasteiger partial charge in [-0.25, -0.2) is 0 Å². The predicted molar refractivity (Wildman–Crippen MR) is 96.7 cm³/mol. The minimum atomic E-state index is 0. The summed E-state index contributed by atoms with van der Waals surface area (Å²) in [6.07, 6.45) is 5.37. The molecule has 110 valence electrons. The van der Waals surface area contributed by atoms with E-state index in [0.29, 0.717) is 0 Å². The second-order valence-corrected chi connectivity index (χ2v) is 5.27. The Morgan fingerprint density at radius 2 is 2.26 bits per heavy atom. The van der Waals surface area contributed by atoms with Gasteiger partial charge in [-0.1, -0.05) is 0 Å². The lowest BCUT2D eigenvalue weighted by Gasteiger charge is -2.22. The summed E-state index contributed by atoms with van der Waals surface area (Å²) in [6.45, 7) is 1.84. The fourth-order valence-electron chi connectivity index (χ4n) is 1.78. The SMILES string of the molecule is CN=C(NCCCSC)N(C)Cc1cccn1C.I. The minimum Gasteiger partial charge on any atom is -0.356 e. The molecule has 0 aliphatic heterocycles. The first-order valence-electron chi connectivity index (χ1n) is 6.20. The zero-order valence-corrected chi connectivity index (χ0v) is 15.4. The van der Waals surface area contributed by atoms with Crippen molar-refractivity contribution in [3.63, 3.8) is 0 Å². The lowest BCUT2D eigenvalue weighted by molar-refractivity contribution is 0.462. The first-order chi connectivity index (χ1) is 8.69. The summed E-state index contributed by atoms with van der Waals surface area (Å²) >= 11 is 1.88. The third-order valence-electron chi connectivity index (χ3n) is 2.83. The van der Waals surface area contributed by atoms with Crippen molar-refractivity contribution in [3.8, 4) is 0 Å². The van der Waals surface area contributed by atoms with E-state index >= 15 is 0 Å². The number of aliphatic imine (C=N–C) groups is 1. The molecule has 0 spiro atoms. The molecular formula is C13H25IN4S. The quantitative estimate of drug-likeness (QED) is 0.347. The molecule has 1 rings (SSSR count).